The van der Waals surface area contributed by atoms with E-state index in [2.05, 4.69) is 56.0 Å². The highest BCUT2D eigenvalue weighted by Gasteiger charge is 2.30. The van der Waals surface area contributed by atoms with Crippen molar-refractivity contribution in [2.45, 2.75) is 146 Å². The summed E-state index contributed by atoms with van der Waals surface area (Å²) < 4.78 is 82.2. The van der Waals surface area contributed by atoms with Gasteiger partial charge in [-0.05, 0) is 113 Å². The Morgan fingerprint density at radius 2 is 1.17 bits per heavy atom. The number of rotatable bonds is 9. The van der Waals surface area contributed by atoms with E-state index in [1.54, 1.807) is 31.2 Å². The molecule has 2 fully saturated rings. The average Bonchev–Trinajstić information content (AvgIpc) is 3.90. The Kier molecular flexibility index (Phi) is 13.1. The number of aromatic nitrogens is 5. The van der Waals surface area contributed by atoms with Gasteiger partial charge in [0.1, 0.15) is 24.0 Å². The third-order valence-corrected chi connectivity index (χ3v) is 14.3. The predicted molar refractivity (Wildman–Crippen MR) is 229 cm³/mol. The maximum absolute atomic E-state index is 13.6. The van der Waals surface area contributed by atoms with Gasteiger partial charge in [0.2, 0.25) is 0 Å². The number of carbonyl (C=O) groups excluding carboxylic acids is 1. The van der Waals surface area contributed by atoms with E-state index in [0.717, 1.165) is 65.4 Å². The van der Waals surface area contributed by atoms with Crippen LogP contribution in [-0.4, -0.2) is 64.7 Å². The van der Waals surface area contributed by atoms with E-state index in [0.29, 0.717) is 55.1 Å². The first-order valence-corrected chi connectivity index (χ1v) is 24.3. The first kappa shape index (κ1) is 44.7. The van der Waals surface area contributed by atoms with E-state index in [1.165, 1.54) is 30.6 Å². The Hall–Kier alpha value is -3.82. The van der Waals surface area contributed by atoms with Crippen molar-refractivity contribution < 1.29 is 30.4 Å². The van der Waals surface area contributed by atoms with Crippen LogP contribution in [-0.2, 0) is 43.0 Å². The van der Waals surface area contributed by atoms with Gasteiger partial charge in [-0.15, -0.1) is 0 Å². The van der Waals surface area contributed by atoms with Crippen molar-refractivity contribution in [3.05, 3.63) is 72.1 Å². The van der Waals surface area contributed by atoms with Gasteiger partial charge in [0.25, 0.3) is 25.0 Å². The van der Waals surface area contributed by atoms with Crippen LogP contribution >= 0.6 is 10.7 Å². The normalized spacial score (nSPS) is 20.7. The summed E-state index contributed by atoms with van der Waals surface area (Å²) in [6, 6.07) is 11.3. The second-order valence-corrected chi connectivity index (χ2v) is 22.6. The van der Waals surface area contributed by atoms with E-state index >= 15 is 0 Å². The molecule has 0 unspecified atom stereocenters. The van der Waals surface area contributed by atoms with Gasteiger partial charge < -0.3 is 14.5 Å². The highest BCUT2D eigenvalue weighted by molar-refractivity contribution is 8.13. The molecule has 2 saturated carbocycles. The maximum atomic E-state index is 13.6. The maximum Gasteiger partial charge on any atom is 0.267 e. The largest absolute Gasteiger partial charge is 0.352 e. The van der Waals surface area contributed by atoms with Crippen molar-refractivity contribution in [3.8, 4) is 0 Å². The zero-order chi connectivity index (χ0) is 43.1. The molecular formula is C43H57ClF2N6O5S2. The second kappa shape index (κ2) is 17.3. The van der Waals surface area contributed by atoms with E-state index in [-0.39, 0.29) is 32.1 Å². The standard InChI is InChI=1S/C25H33FN4O3S.C18H24ClFN2O2S/c1-5-27-23(31)18-12-13-29(16-18)34(32,33)20-10-11-22-21(14-20)28-24(25(2,3)4)30(22)15-17-6-8-19(26)9-7-17;1-18(2,3)17-21-15-10-14(25(19,23)24)8-9-16(15)22(17)11-12-4-6-13(20)7-5-12/h10-14,16-17,19H,5-9,15H2,1-4H3,(H,27,31);8-10,12-13H,4-7,11H2,1-3H3. The average molecular weight is 876 g/mol. The lowest BCUT2D eigenvalue weighted by atomic mass is 9.87. The number of amides is 1. The minimum atomic E-state index is -3.88. The van der Waals surface area contributed by atoms with E-state index in [4.69, 9.17) is 20.7 Å². The Morgan fingerprint density at radius 3 is 1.59 bits per heavy atom. The molecule has 59 heavy (non-hydrogen) atoms. The molecule has 2 aromatic carbocycles. The van der Waals surface area contributed by atoms with Gasteiger partial charge in [-0.2, -0.15) is 0 Å². The number of imidazole rings is 2. The molecule has 322 valence electrons. The molecule has 0 radical (unpaired) electrons. The van der Waals surface area contributed by atoms with Crippen molar-refractivity contribution in [1.29, 1.82) is 0 Å². The number of benzene rings is 2. The molecule has 5 aromatic rings. The van der Waals surface area contributed by atoms with Crippen molar-refractivity contribution >= 4 is 57.7 Å². The first-order chi connectivity index (χ1) is 27.6. The number of nitrogens with one attached hydrogen (secondary N) is 1. The quantitative estimate of drug-likeness (QED) is 0.146. The fourth-order valence-corrected chi connectivity index (χ4v) is 10.2. The van der Waals surface area contributed by atoms with Crippen LogP contribution in [0.4, 0.5) is 8.78 Å². The molecule has 0 aliphatic heterocycles. The molecule has 0 saturated heterocycles. The third-order valence-electron chi connectivity index (χ3n) is 11.3. The Balaban J connectivity index is 0.000000208. The second-order valence-electron chi connectivity index (χ2n) is 18.2. The molecule has 1 amide bonds. The summed E-state index contributed by atoms with van der Waals surface area (Å²) in [4.78, 5) is 21.8. The number of hydrogen-bond acceptors (Lipinski definition) is 7. The number of carbonyl (C=O) groups is 1. The lowest BCUT2D eigenvalue weighted by Crippen LogP contribution is -2.24. The molecule has 1 N–H and O–H groups in total. The third kappa shape index (κ3) is 10.2. The van der Waals surface area contributed by atoms with Crippen molar-refractivity contribution in [1.82, 2.24) is 28.4 Å². The van der Waals surface area contributed by atoms with E-state index in [1.807, 2.05) is 0 Å². The fourth-order valence-electron chi connectivity index (χ4n) is 8.22. The van der Waals surface area contributed by atoms with Crippen LogP contribution in [0.25, 0.3) is 22.1 Å². The first-order valence-electron chi connectivity index (χ1n) is 20.5. The van der Waals surface area contributed by atoms with E-state index < -0.39 is 31.4 Å². The molecule has 2 aliphatic carbocycles. The summed E-state index contributed by atoms with van der Waals surface area (Å²) in [5.41, 5.74) is 2.88. The highest BCUT2D eigenvalue weighted by atomic mass is 35.7. The van der Waals surface area contributed by atoms with Gasteiger partial charge in [0.15, 0.2) is 0 Å². The number of alkyl halides is 2. The molecule has 16 heteroatoms. The molecule has 3 heterocycles. The molecule has 2 aliphatic rings. The van der Waals surface area contributed by atoms with Crippen LogP contribution in [0.5, 0.6) is 0 Å². The molecular weight excluding hydrogens is 818 g/mol. The zero-order valence-electron chi connectivity index (χ0n) is 35.0. The van der Waals surface area contributed by atoms with Crippen LogP contribution < -0.4 is 5.32 Å². The summed E-state index contributed by atoms with van der Waals surface area (Å²) in [5, 5.41) is 2.67. The topological polar surface area (TPSA) is 138 Å². The molecule has 11 nitrogen and oxygen atoms in total. The Labute approximate surface area is 351 Å². The minimum Gasteiger partial charge on any atom is -0.352 e. The SMILES string of the molecule is CC(C)(C)c1nc2cc(S(=O)(=O)Cl)ccc2n1CC1CCC(F)CC1.CCNC(=O)c1ccn(S(=O)(=O)c2ccc3c(c2)nc(C(C)(C)C)n3CC2CCC(F)CC2)c1. The summed E-state index contributed by atoms with van der Waals surface area (Å²) in [6.07, 6.45) is 7.21. The van der Waals surface area contributed by atoms with Crippen LogP contribution in [0.2, 0.25) is 0 Å². The lowest BCUT2D eigenvalue weighted by Gasteiger charge is -2.27. The molecule has 0 bridgehead atoms. The van der Waals surface area contributed by atoms with Crippen molar-refractivity contribution in [2.75, 3.05) is 6.54 Å². The van der Waals surface area contributed by atoms with Crippen molar-refractivity contribution in [3.63, 3.8) is 0 Å². The molecule has 3 aromatic heterocycles. The number of nitrogens with zero attached hydrogens (tertiary/aromatic N) is 5. The van der Waals surface area contributed by atoms with Crippen LogP contribution in [0.3, 0.4) is 0 Å². The minimum absolute atomic E-state index is 0.0599. The highest BCUT2D eigenvalue weighted by Crippen LogP contribution is 2.35. The van der Waals surface area contributed by atoms with Gasteiger partial charge in [-0.3, -0.25) is 4.79 Å². The lowest BCUT2D eigenvalue weighted by molar-refractivity contribution is 0.0956. The zero-order valence-corrected chi connectivity index (χ0v) is 37.4. The summed E-state index contributed by atoms with van der Waals surface area (Å²) in [7, 11) is -2.20. The van der Waals surface area contributed by atoms with Crippen LogP contribution in [0.1, 0.15) is 122 Å². The molecule has 7 rings (SSSR count). The van der Waals surface area contributed by atoms with Gasteiger partial charge in [-0.25, -0.2) is 39.6 Å². The summed E-state index contributed by atoms with van der Waals surface area (Å²) >= 11 is 0. The van der Waals surface area contributed by atoms with Crippen LogP contribution in [0.15, 0.2) is 64.6 Å². The number of halogens is 3. The summed E-state index contributed by atoms with van der Waals surface area (Å²) in [6.45, 7) is 16.3. The van der Waals surface area contributed by atoms with Crippen LogP contribution in [0, 0.1) is 11.8 Å². The predicted octanol–water partition coefficient (Wildman–Crippen LogP) is 9.44. The summed E-state index contributed by atoms with van der Waals surface area (Å²) in [5.74, 6) is 2.28. The van der Waals surface area contributed by atoms with Gasteiger partial charge in [0, 0.05) is 53.5 Å². The van der Waals surface area contributed by atoms with Gasteiger partial charge in [-0.1, -0.05) is 41.5 Å². The molecule has 0 atom stereocenters. The Morgan fingerprint density at radius 1 is 0.729 bits per heavy atom. The number of fused-ring (bicyclic) bond motifs is 2. The van der Waals surface area contributed by atoms with Gasteiger partial charge >= 0.3 is 0 Å². The molecule has 0 spiro atoms. The smallest absolute Gasteiger partial charge is 0.267 e. The Bertz CT molecular complexity index is 2520. The van der Waals surface area contributed by atoms with Gasteiger partial charge in [0.05, 0.1) is 37.4 Å². The monoisotopic (exact) mass is 874 g/mol. The fraction of sp³-hybridized carbons (Fsp3) is 0.558. The number of hydrogen-bond donors (Lipinski definition) is 1. The van der Waals surface area contributed by atoms with E-state index in [9.17, 15) is 30.4 Å². The van der Waals surface area contributed by atoms with Crippen molar-refractivity contribution in [2.24, 2.45) is 11.8 Å².